The Kier molecular flexibility index (Phi) is 6.27. The van der Waals surface area contributed by atoms with E-state index >= 15 is 0 Å². The maximum absolute atomic E-state index is 6.84. The Morgan fingerprint density at radius 1 is 0.646 bits per heavy atom. The quantitative estimate of drug-likeness (QED) is 0.191. The van der Waals surface area contributed by atoms with E-state index in [2.05, 4.69) is 137 Å². The van der Waals surface area contributed by atoms with Crippen LogP contribution in [0.5, 0.6) is 11.5 Å². The fourth-order valence-electron chi connectivity index (χ4n) is 7.31. The number of fused-ring (bicyclic) bond motifs is 5. The van der Waals surface area contributed by atoms with Gasteiger partial charge in [-0.1, -0.05) is 86.6 Å². The average Bonchev–Trinajstić information content (AvgIpc) is 3.70. The first-order valence-corrected chi connectivity index (χ1v) is 16.2. The second-order valence-electron chi connectivity index (χ2n) is 12.9. The van der Waals surface area contributed by atoms with Gasteiger partial charge in [0.05, 0.1) is 16.7 Å². The monoisotopic (exact) mass is 623 g/mol. The van der Waals surface area contributed by atoms with Crippen molar-refractivity contribution >= 4 is 38.9 Å². The van der Waals surface area contributed by atoms with E-state index in [0.717, 1.165) is 62.4 Å². The topological polar surface area (TPSA) is 48.1 Å². The van der Waals surface area contributed by atoms with Gasteiger partial charge in [-0.05, 0) is 54.6 Å². The van der Waals surface area contributed by atoms with Gasteiger partial charge < -0.3 is 14.2 Å². The second-order valence-corrected chi connectivity index (χ2v) is 12.9. The highest BCUT2D eigenvalue weighted by Gasteiger charge is 2.36. The first kappa shape index (κ1) is 28.1. The highest BCUT2D eigenvalue weighted by atomic mass is 16.5. The molecule has 6 heteroatoms. The molecule has 5 aromatic carbocycles. The third kappa shape index (κ3) is 4.26. The summed E-state index contributed by atoms with van der Waals surface area (Å²) in [6, 6.07) is 44.8. The second kappa shape index (κ2) is 10.7. The van der Waals surface area contributed by atoms with Crippen molar-refractivity contribution in [3.8, 4) is 28.7 Å². The van der Waals surface area contributed by atoms with Crippen LogP contribution in [0.2, 0.25) is 0 Å². The number of pyridine rings is 1. The van der Waals surface area contributed by atoms with Gasteiger partial charge in [0.25, 0.3) is 0 Å². The van der Waals surface area contributed by atoms with Gasteiger partial charge in [0, 0.05) is 69.9 Å². The molecule has 0 amide bonds. The predicted molar refractivity (Wildman–Crippen MR) is 194 cm³/mol. The average molecular weight is 624 g/mol. The standard InChI is InChI=1S/C42H33N5O/c1-42(2)33-15-5-7-19-38(33)48-40-34(42)16-11-18-36(40)46(29-13-10-12-28(26-29)41-44-24-25-45(41)3)30-21-22-32-31-14-4-6-17-35(31)47(37(32)27-30)39-20-8-9-23-43-39/h4-27H,1-3H3. The molecule has 1 aliphatic rings. The number of hydrogen-bond donors (Lipinski definition) is 0. The van der Waals surface area contributed by atoms with E-state index in [1.165, 1.54) is 16.3 Å². The molecule has 0 N–H and O–H groups in total. The third-order valence-electron chi connectivity index (χ3n) is 9.66. The molecule has 0 fully saturated rings. The molecule has 48 heavy (non-hydrogen) atoms. The first-order chi connectivity index (χ1) is 23.5. The number of aryl methyl sites for hydroxylation is 1. The van der Waals surface area contributed by atoms with Crippen LogP contribution >= 0.6 is 0 Å². The molecule has 0 atom stereocenters. The zero-order chi connectivity index (χ0) is 32.4. The van der Waals surface area contributed by atoms with Gasteiger partial charge in [-0.3, -0.25) is 4.57 Å². The van der Waals surface area contributed by atoms with Gasteiger partial charge in [-0.2, -0.15) is 0 Å². The third-order valence-corrected chi connectivity index (χ3v) is 9.66. The van der Waals surface area contributed by atoms with Gasteiger partial charge in [-0.25, -0.2) is 9.97 Å². The fraction of sp³-hybridized carbons (Fsp3) is 0.0952. The Labute approximate surface area is 279 Å². The number of nitrogens with zero attached hydrogens (tertiary/aromatic N) is 5. The summed E-state index contributed by atoms with van der Waals surface area (Å²) in [4.78, 5) is 11.8. The van der Waals surface area contributed by atoms with Crippen LogP contribution in [-0.4, -0.2) is 19.1 Å². The number of benzene rings is 5. The van der Waals surface area contributed by atoms with E-state index < -0.39 is 0 Å². The molecule has 0 radical (unpaired) electrons. The molecule has 0 unspecified atom stereocenters. The molecule has 0 spiro atoms. The molecule has 9 rings (SSSR count). The minimum absolute atomic E-state index is 0.254. The minimum atomic E-state index is -0.254. The number of rotatable bonds is 5. The Bertz CT molecular complexity index is 2490. The highest BCUT2D eigenvalue weighted by molar-refractivity contribution is 6.10. The molecule has 3 aromatic heterocycles. The maximum atomic E-state index is 6.84. The van der Waals surface area contributed by atoms with Gasteiger partial charge in [0.1, 0.15) is 17.4 Å². The molecule has 1 aliphatic heterocycles. The SMILES string of the molecule is Cn1ccnc1-c1cccc(N(c2ccc3c4ccccc4n(-c4ccccn4)c3c2)c2cccc3c2Oc2ccccc2C3(C)C)c1. The van der Waals surface area contributed by atoms with E-state index in [1.807, 2.05) is 48.4 Å². The van der Waals surface area contributed by atoms with Crippen molar-refractivity contribution in [3.05, 3.63) is 157 Å². The van der Waals surface area contributed by atoms with Crippen molar-refractivity contribution in [1.82, 2.24) is 19.1 Å². The van der Waals surface area contributed by atoms with Crippen LogP contribution in [0.25, 0.3) is 39.0 Å². The maximum Gasteiger partial charge on any atom is 0.155 e. The summed E-state index contributed by atoms with van der Waals surface area (Å²) >= 11 is 0. The number of aromatic nitrogens is 4. The summed E-state index contributed by atoms with van der Waals surface area (Å²) in [5, 5.41) is 2.36. The highest BCUT2D eigenvalue weighted by Crippen LogP contribution is 2.53. The van der Waals surface area contributed by atoms with E-state index in [0.29, 0.717) is 0 Å². The number of ether oxygens (including phenoxy) is 1. The lowest BCUT2D eigenvalue weighted by Gasteiger charge is -2.37. The predicted octanol–water partition coefficient (Wildman–Crippen LogP) is 10.5. The zero-order valence-corrected chi connectivity index (χ0v) is 27.0. The van der Waals surface area contributed by atoms with Crippen molar-refractivity contribution < 1.29 is 4.74 Å². The summed E-state index contributed by atoms with van der Waals surface area (Å²) < 4.78 is 11.2. The van der Waals surface area contributed by atoms with E-state index in [1.54, 1.807) is 0 Å². The van der Waals surface area contributed by atoms with Crippen LogP contribution in [0.1, 0.15) is 25.0 Å². The summed E-state index contributed by atoms with van der Waals surface area (Å²) in [5.74, 6) is 3.52. The zero-order valence-electron chi connectivity index (χ0n) is 27.0. The van der Waals surface area contributed by atoms with Gasteiger partial charge in [-0.15, -0.1) is 0 Å². The first-order valence-electron chi connectivity index (χ1n) is 16.2. The lowest BCUT2D eigenvalue weighted by molar-refractivity contribution is 0.419. The van der Waals surface area contributed by atoms with Crippen molar-refractivity contribution in [3.63, 3.8) is 0 Å². The van der Waals surface area contributed by atoms with E-state index in [4.69, 9.17) is 9.72 Å². The van der Waals surface area contributed by atoms with Crippen molar-refractivity contribution in [2.45, 2.75) is 19.3 Å². The number of imidazole rings is 1. The molecule has 0 saturated heterocycles. The molecule has 6 nitrogen and oxygen atoms in total. The fourth-order valence-corrected chi connectivity index (χ4v) is 7.31. The normalized spacial score (nSPS) is 13.2. The Morgan fingerprint density at radius 2 is 1.42 bits per heavy atom. The lowest BCUT2D eigenvalue weighted by atomic mass is 9.75. The molecule has 232 valence electrons. The van der Waals surface area contributed by atoms with Crippen LogP contribution in [-0.2, 0) is 12.5 Å². The molecule has 0 aliphatic carbocycles. The Hall–Kier alpha value is -6.14. The molecular formula is C42H33N5O. The lowest BCUT2D eigenvalue weighted by Crippen LogP contribution is -2.25. The summed E-state index contributed by atoms with van der Waals surface area (Å²) in [5.41, 5.74) is 8.27. The molecule has 0 bridgehead atoms. The number of anilines is 3. The van der Waals surface area contributed by atoms with Crippen LogP contribution in [0, 0.1) is 0 Å². The smallest absolute Gasteiger partial charge is 0.155 e. The van der Waals surface area contributed by atoms with Crippen LogP contribution < -0.4 is 9.64 Å². The molecule has 8 aromatic rings. The van der Waals surface area contributed by atoms with Crippen LogP contribution in [0.4, 0.5) is 17.1 Å². The Morgan fingerprint density at radius 3 is 2.27 bits per heavy atom. The summed E-state index contributed by atoms with van der Waals surface area (Å²) in [6.07, 6.45) is 5.67. The summed E-state index contributed by atoms with van der Waals surface area (Å²) in [7, 11) is 2.03. The van der Waals surface area contributed by atoms with E-state index in [9.17, 15) is 0 Å². The number of para-hydroxylation sites is 3. The van der Waals surface area contributed by atoms with Crippen molar-refractivity contribution in [2.24, 2.45) is 7.05 Å². The van der Waals surface area contributed by atoms with E-state index in [-0.39, 0.29) is 5.41 Å². The number of hydrogen-bond acceptors (Lipinski definition) is 4. The van der Waals surface area contributed by atoms with Crippen molar-refractivity contribution in [2.75, 3.05) is 4.90 Å². The largest absolute Gasteiger partial charge is 0.455 e. The van der Waals surface area contributed by atoms with Gasteiger partial charge in [0.15, 0.2) is 5.75 Å². The van der Waals surface area contributed by atoms with Crippen LogP contribution in [0.15, 0.2) is 146 Å². The Balaban J connectivity index is 1.32. The van der Waals surface area contributed by atoms with Gasteiger partial charge >= 0.3 is 0 Å². The van der Waals surface area contributed by atoms with Crippen molar-refractivity contribution in [1.29, 1.82) is 0 Å². The molecule has 4 heterocycles. The molecular weight excluding hydrogens is 590 g/mol. The van der Waals surface area contributed by atoms with Crippen LogP contribution in [0.3, 0.4) is 0 Å². The summed E-state index contributed by atoms with van der Waals surface area (Å²) in [6.45, 7) is 4.56. The minimum Gasteiger partial charge on any atom is -0.455 e. The molecule has 0 saturated carbocycles. The van der Waals surface area contributed by atoms with Gasteiger partial charge in [0.2, 0.25) is 0 Å².